The number of carbonyl (C=O) groups excluding carboxylic acids is 1. The Morgan fingerprint density at radius 1 is 1.19 bits per heavy atom. The van der Waals surface area contributed by atoms with E-state index in [1.54, 1.807) is 30.3 Å². The summed E-state index contributed by atoms with van der Waals surface area (Å²) >= 11 is 11.7. The van der Waals surface area contributed by atoms with Crippen molar-refractivity contribution in [1.82, 2.24) is 0 Å². The van der Waals surface area contributed by atoms with Gasteiger partial charge in [-0.1, -0.05) is 29.3 Å². The molecule has 21 heavy (non-hydrogen) atoms. The average molecular weight is 320 g/mol. The molecule has 2 aromatic carbocycles. The van der Waals surface area contributed by atoms with E-state index in [0.29, 0.717) is 26.9 Å². The van der Waals surface area contributed by atoms with Gasteiger partial charge in [-0.05, 0) is 42.8 Å². The Morgan fingerprint density at radius 2 is 1.95 bits per heavy atom. The molecular weight excluding hydrogens is 309 g/mol. The second-order valence-electron chi connectivity index (χ2n) is 4.43. The van der Waals surface area contributed by atoms with Crippen molar-refractivity contribution >= 4 is 29.0 Å². The van der Waals surface area contributed by atoms with Crippen molar-refractivity contribution in [3.63, 3.8) is 0 Å². The van der Waals surface area contributed by atoms with Gasteiger partial charge in [0.15, 0.2) is 12.4 Å². The fourth-order valence-electron chi connectivity index (χ4n) is 1.72. The normalized spacial score (nSPS) is 10.0. The van der Waals surface area contributed by atoms with Crippen molar-refractivity contribution in [3.05, 3.63) is 63.1 Å². The van der Waals surface area contributed by atoms with E-state index in [2.05, 4.69) is 0 Å². The molecule has 0 fully saturated rings. The van der Waals surface area contributed by atoms with Gasteiger partial charge in [-0.3, -0.25) is 4.79 Å². The topological polar surface area (TPSA) is 50.1 Å². The molecule has 0 aliphatic rings. The van der Waals surface area contributed by atoms with Crippen LogP contribution >= 0.6 is 23.2 Å². The monoisotopic (exact) mass is 319 g/mol. The predicted molar refractivity (Wildman–Crippen MR) is 82.2 cm³/mol. The molecule has 0 aliphatic carbocycles. The number of hydrogen-bond acceptors (Lipinski definition) is 3. The molecule has 0 saturated heterocycles. The Kier molecular flexibility index (Phi) is 4.85. The van der Waals surface area contributed by atoms with Gasteiger partial charge in [0.2, 0.25) is 0 Å². The minimum absolute atomic E-state index is 0.131. The molecule has 5 heteroatoms. The van der Waals surface area contributed by atoms with Gasteiger partial charge in [0.05, 0.1) is 21.7 Å². The van der Waals surface area contributed by atoms with Crippen LogP contribution in [0.2, 0.25) is 10.0 Å². The van der Waals surface area contributed by atoms with Crippen LogP contribution in [0.1, 0.15) is 21.5 Å². The Hall–Kier alpha value is -2.02. The van der Waals surface area contributed by atoms with Crippen LogP contribution in [0.25, 0.3) is 0 Å². The third kappa shape index (κ3) is 3.75. The summed E-state index contributed by atoms with van der Waals surface area (Å²) in [7, 11) is 0. The number of halogens is 2. The zero-order valence-electron chi connectivity index (χ0n) is 11.2. The van der Waals surface area contributed by atoms with Crippen molar-refractivity contribution in [1.29, 1.82) is 5.26 Å². The van der Waals surface area contributed by atoms with E-state index in [1.807, 2.05) is 13.0 Å². The van der Waals surface area contributed by atoms with Gasteiger partial charge in [-0.25, -0.2) is 0 Å². The molecule has 3 nitrogen and oxygen atoms in total. The van der Waals surface area contributed by atoms with E-state index < -0.39 is 0 Å². The molecule has 0 radical (unpaired) electrons. The third-order valence-corrected chi connectivity index (χ3v) is 3.66. The van der Waals surface area contributed by atoms with Crippen LogP contribution in [0.3, 0.4) is 0 Å². The Morgan fingerprint density at radius 3 is 2.62 bits per heavy atom. The number of aryl methyl sites for hydroxylation is 1. The predicted octanol–water partition coefficient (Wildman–Crippen LogP) is 4.44. The summed E-state index contributed by atoms with van der Waals surface area (Å²) in [6.07, 6.45) is 0. The van der Waals surface area contributed by atoms with Gasteiger partial charge >= 0.3 is 0 Å². The van der Waals surface area contributed by atoms with E-state index in [0.717, 1.165) is 5.56 Å². The van der Waals surface area contributed by atoms with E-state index in [9.17, 15) is 4.79 Å². The van der Waals surface area contributed by atoms with Gasteiger partial charge in [-0.15, -0.1) is 0 Å². The van der Waals surface area contributed by atoms with Crippen LogP contribution in [0.4, 0.5) is 0 Å². The highest BCUT2D eigenvalue weighted by Crippen LogP contribution is 2.23. The van der Waals surface area contributed by atoms with Gasteiger partial charge in [0.25, 0.3) is 0 Å². The molecule has 2 aromatic rings. The highest BCUT2D eigenvalue weighted by atomic mass is 35.5. The molecule has 0 bridgehead atoms. The van der Waals surface area contributed by atoms with Crippen LogP contribution in [0, 0.1) is 18.3 Å². The van der Waals surface area contributed by atoms with Crippen LogP contribution < -0.4 is 4.74 Å². The lowest BCUT2D eigenvalue weighted by molar-refractivity contribution is 0.0921. The summed E-state index contributed by atoms with van der Waals surface area (Å²) in [6, 6.07) is 11.8. The minimum Gasteiger partial charge on any atom is -0.485 e. The number of carbonyl (C=O) groups is 1. The molecule has 0 atom stereocenters. The fraction of sp³-hybridized carbons (Fsp3) is 0.125. The second kappa shape index (κ2) is 6.62. The van der Waals surface area contributed by atoms with Crippen LogP contribution in [0.5, 0.6) is 5.75 Å². The van der Waals surface area contributed by atoms with Crippen LogP contribution in [0.15, 0.2) is 36.4 Å². The average Bonchev–Trinajstić information content (AvgIpc) is 2.49. The fourth-order valence-corrected chi connectivity index (χ4v) is 2.02. The van der Waals surface area contributed by atoms with E-state index in [1.165, 1.54) is 6.07 Å². The zero-order chi connectivity index (χ0) is 15.4. The number of ketones is 1. The number of rotatable bonds is 4. The lowest BCUT2D eigenvalue weighted by atomic mass is 10.1. The summed E-state index contributed by atoms with van der Waals surface area (Å²) < 4.78 is 5.49. The Labute approximate surface area is 132 Å². The standard InChI is InChI=1S/C16H11Cl2NO2/c1-10-2-3-11(8-19)6-16(10)21-9-15(20)12-4-5-13(17)14(18)7-12/h2-7H,9H2,1H3. The number of ether oxygens (including phenoxy) is 1. The Bertz CT molecular complexity index is 736. The molecule has 0 amide bonds. The first-order valence-electron chi connectivity index (χ1n) is 6.13. The van der Waals surface area contributed by atoms with Crippen molar-refractivity contribution < 1.29 is 9.53 Å². The van der Waals surface area contributed by atoms with E-state index in [-0.39, 0.29) is 12.4 Å². The first-order chi connectivity index (χ1) is 10.0. The smallest absolute Gasteiger partial charge is 0.200 e. The molecule has 2 rings (SSSR count). The third-order valence-electron chi connectivity index (χ3n) is 2.92. The van der Waals surface area contributed by atoms with Crippen molar-refractivity contribution in [3.8, 4) is 11.8 Å². The maximum atomic E-state index is 12.1. The molecule has 0 aromatic heterocycles. The molecule has 0 saturated carbocycles. The van der Waals surface area contributed by atoms with Gasteiger partial charge in [0, 0.05) is 5.56 Å². The van der Waals surface area contributed by atoms with E-state index >= 15 is 0 Å². The summed E-state index contributed by atoms with van der Waals surface area (Å²) in [6.45, 7) is 1.72. The summed E-state index contributed by atoms with van der Waals surface area (Å²) in [5, 5.41) is 9.58. The molecule has 0 heterocycles. The number of nitrogens with zero attached hydrogens (tertiary/aromatic N) is 1. The van der Waals surface area contributed by atoms with Gasteiger partial charge in [-0.2, -0.15) is 5.26 Å². The summed E-state index contributed by atoms with van der Waals surface area (Å²) in [5.41, 5.74) is 1.77. The highest BCUT2D eigenvalue weighted by molar-refractivity contribution is 6.42. The Balaban J connectivity index is 2.11. The first-order valence-corrected chi connectivity index (χ1v) is 6.88. The highest BCUT2D eigenvalue weighted by Gasteiger charge is 2.10. The maximum absolute atomic E-state index is 12.1. The number of benzene rings is 2. The number of Topliss-reactive ketones (excluding diaryl/α,β-unsaturated/α-hetero) is 1. The SMILES string of the molecule is Cc1ccc(C#N)cc1OCC(=O)c1ccc(Cl)c(Cl)c1. The van der Waals surface area contributed by atoms with E-state index in [4.69, 9.17) is 33.2 Å². The number of hydrogen-bond donors (Lipinski definition) is 0. The molecule has 0 N–H and O–H groups in total. The van der Waals surface area contributed by atoms with Crippen molar-refractivity contribution in [2.45, 2.75) is 6.92 Å². The largest absolute Gasteiger partial charge is 0.485 e. The lowest BCUT2D eigenvalue weighted by Crippen LogP contribution is -2.12. The zero-order valence-corrected chi connectivity index (χ0v) is 12.7. The summed E-state index contributed by atoms with van der Waals surface area (Å²) in [5.74, 6) is 0.304. The molecular formula is C16H11Cl2NO2. The number of nitriles is 1. The molecule has 0 spiro atoms. The van der Waals surface area contributed by atoms with Crippen LogP contribution in [-0.4, -0.2) is 12.4 Å². The van der Waals surface area contributed by atoms with Crippen molar-refractivity contribution in [2.75, 3.05) is 6.61 Å². The quantitative estimate of drug-likeness (QED) is 0.783. The minimum atomic E-state index is -0.213. The first kappa shape index (κ1) is 15.4. The maximum Gasteiger partial charge on any atom is 0.200 e. The van der Waals surface area contributed by atoms with Crippen LogP contribution in [-0.2, 0) is 0 Å². The van der Waals surface area contributed by atoms with Gasteiger partial charge < -0.3 is 4.74 Å². The summed E-state index contributed by atoms with van der Waals surface area (Å²) in [4.78, 5) is 12.1. The molecule has 106 valence electrons. The molecule has 0 unspecified atom stereocenters. The lowest BCUT2D eigenvalue weighted by Gasteiger charge is -2.09. The van der Waals surface area contributed by atoms with Crippen molar-refractivity contribution in [2.24, 2.45) is 0 Å². The van der Waals surface area contributed by atoms with Gasteiger partial charge in [0.1, 0.15) is 5.75 Å². The second-order valence-corrected chi connectivity index (χ2v) is 5.25. The molecule has 0 aliphatic heterocycles.